The summed E-state index contributed by atoms with van der Waals surface area (Å²) < 4.78 is 43.6. The van der Waals surface area contributed by atoms with Gasteiger partial charge in [-0.3, -0.25) is 4.79 Å². The van der Waals surface area contributed by atoms with Crippen molar-refractivity contribution in [3.63, 3.8) is 0 Å². The predicted molar refractivity (Wildman–Crippen MR) is 65.9 cm³/mol. The molecule has 0 aromatic heterocycles. The van der Waals surface area contributed by atoms with Crippen molar-refractivity contribution in [2.45, 2.75) is 25.6 Å². The zero-order valence-corrected chi connectivity index (χ0v) is 11.1. The van der Waals surface area contributed by atoms with Crippen molar-refractivity contribution < 1.29 is 22.7 Å². The number of benzene rings is 1. The number of carbonyl (C=O) groups excluding carboxylic acids is 1. The Morgan fingerprint density at radius 2 is 1.95 bits per heavy atom. The molecule has 1 rings (SSSR count). The number of anilines is 1. The molecule has 7 heteroatoms. The molecule has 0 radical (unpaired) electrons. The summed E-state index contributed by atoms with van der Waals surface area (Å²) in [5, 5.41) is 10.8. The lowest BCUT2D eigenvalue weighted by atomic mass is 10.1. The normalized spacial score (nSPS) is 11.8. The van der Waals surface area contributed by atoms with E-state index < -0.39 is 28.9 Å². The number of rotatable bonds is 3. The molecule has 1 aromatic rings. The summed E-state index contributed by atoms with van der Waals surface area (Å²) in [6.45, 7) is 2.86. The number of nitriles is 1. The molecular formula is C13H13F3N2O2. The Morgan fingerprint density at radius 1 is 1.35 bits per heavy atom. The Bertz CT molecular complexity index is 560. The lowest BCUT2D eigenvalue weighted by Gasteiger charge is -2.23. The highest BCUT2D eigenvalue weighted by Crippen LogP contribution is 2.35. The fourth-order valence-corrected chi connectivity index (χ4v) is 1.32. The zero-order chi connectivity index (χ0) is 15.6. The van der Waals surface area contributed by atoms with E-state index in [1.165, 1.54) is 27.0 Å². The van der Waals surface area contributed by atoms with Crippen LogP contribution in [0.1, 0.15) is 25.0 Å². The van der Waals surface area contributed by atoms with Gasteiger partial charge in [0.2, 0.25) is 0 Å². The van der Waals surface area contributed by atoms with Gasteiger partial charge in [-0.2, -0.15) is 18.4 Å². The van der Waals surface area contributed by atoms with Crippen LogP contribution in [0.3, 0.4) is 0 Å². The number of hydrogen-bond donors (Lipinski definition) is 1. The Kier molecular flexibility index (Phi) is 4.40. The Morgan fingerprint density at radius 3 is 2.40 bits per heavy atom. The van der Waals surface area contributed by atoms with Gasteiger partial charge >= 0.3 is 6.18 Å². The topological polar surface area (TPSA) is 62.1 Å². The lowest BCUT2D eigenvalue weighted by Crippen LogP contribution is -2.39. The fourth-order valence-electron chi connectivity index (χ4n) is 1.32. The van der Waals surface area contributed by atoms with E-state index in [0.717, 1.165) is 6.07 Å². The summed E-state index contributed by atoms with van der Waals surface area (Å²) in [6.07, 6.45) is -4.67. The molecule has 4 nitrogen and oxygen atoms in total. The first kappa shape index (κ1) is 16.0. The molecule has 1 N–H and O–H groups in total. The van der Waals surface area contributed by atoms with Crippen molar-refractivity contribution in [2.75, 3.05) is 12.4 Å². The zero-order valence-electron chi connectivity index (χ0n) is 11.1. The number of halogens is 3. The number of amides is 1. The van der Waals surface area contributed by atoms with Crippen LogP contribution in [0, 0.1) is 11.3 Å². The molecule has 0 heterocycles. The number of methoxy groups -OCH3 is 1. The summed E-state index contributed by atoms with van der Waals surface area (Å²) >= 11 is 0. The molecule has 0 bridgehead atoms. The number of nitrogens with zero attached hydrogens (tertiary/aromatic N) is 1. The Labute approximate surface area is 114 Å². The highest BCUT2D eigenvalue weighted by Gasteiger charge is 2.36. The van der Waals surface area contributed by atoms with E-state index in [1.54, 1.807) is 6.07 Å². The van der Waals surface area contributed by atoms with Crippen LogP contribution in [0.2, 0.25) is 0 Å². The van der Waals surface area contributed by atoms with Gasteiger partial charge in [0.15, 0.2) is 0 Å². The van der Waals surface area contributed by atoms with Crippen LogP contribution >= 0.6 is 0 Å². The van der Waals surface area contributed by atoms with Crippen molar-refractivity contribution in [3.05, 3.63) is 29.3 Å². The lowest BCUT2D eigenvalue weighted by molar-refractivity contribution is -0.137. The Hall–Kier alpha value is -2.07. The van der Waals surface area contributed by atoms with Gasteiger partial charge in [0.1, 0.15) is 5.60 Å². The molecule has 0 saturated heterocycles. The average Bonchev–Trinajstić information content (AvgIpc) is 2.37. The highest BCUT2D eigenvalue weighted by atomic mass is 19.4. The number of ether oxygens (including phenoxy) is 1. The number of nitrogens with one attached hydrogen (secondary N) is 1. The molecule has 0 unspecified atom stereocenters. The van der Waals surface area contributed by atoms with Gasteiger partial charge in [0, 0.05) is 7.11 Å². The number of alkyl halides is 3. The molecule has 0 aliphatic rings. The first-order chi connectivity index (χ1) is 9.11. The van der Waals surface area contributed by atoms with Gasteiger partial charge in [0.05, 0.1) is 22.9 Å². The predicted octanol–water partition coefficient (Wildman–Crippen LogP) is 2.94. The average molecular weight is 286 g/mol. The smallest absolute Gasteiger partial charge is 0.369 e. The minimum Gasteiger partial charge on any atom is -0.369 e. The first-order valence-corrected chi connectivity index (χ1v) is 5.60. The third-order valence-corrected chi connectivity index (χ3v) is 2.76. The van der Waals surface area contributed by atoms with Crippen LogP contribution in [0.15, 0.2) is 18.2 Å². The first-order valence-electron chi connectivity index (χ1n) is 5.60. The van der Waals surface area contributed by atoms with Gasteiger partial charge in [-0.1, -0.05) is 0 Å². The Balaban J connectivity index is 3.20. The number of hydrogen-bond acceptors (Lipinski definition) is 3. The van der Waals surface area contributed by atoms with Gasteiger partial charge < -0.3 is 10.1 Å². The van der Waals surface area contributed by atoms with Crippen LogP contribution in [0.4, 0.5) is 18.9 Å². The minimum absolute atomic E-state index is 0.138. The second kappa shape index (κ2) is 5.51. The molecule has 1 amide bonds. The van der Waals surface area contributed by atoms with Crippen molar-refractivity contribution in [2.24, 2.45) is 0 Å². The molecule has 0 spiro atoms. The maximum absolute atomic E-state index is 12.9. The van der Waals surface area contributed by atoms with E-state index >= 15 is 0 Å². The highest BCUT2D eigenvalue weighted by molar-refractivity contribution is 5.97. The second-order valence-electron chi connectivity index (χ2n) is 4.54. The third kappa shape index (κ3) is 3.48. The molecule has 0 aliphatic heterocycles. The van der Waals surface area contributed by atoms with Crippen molar-refractivity contribution in [1.29, 1.82) is 5.26 Å². The van der Waals surface area contributed by atoms with Gasteiger partial charge in [-0.25, -0.2) is 0 Å². The monoisotopic (exact) mass is 286 g/mol. The molecule has 108 valence electrons. The maximum atomic E-state index is 12.9. The minimum atomic E-state index is -4.67. The quantitative estimate of drug-likeness (QED) is 0.929. The van der Waals surface area contributed by atoms with Crippen LogP contribution in [0.25, 0.3) is 0 Å². The molecular weight excluding hydrogens is 273 g/mol. The van der Waals surface area contributed by atoms with Gasteiger partial charge in [-0.15, -0.1) is 0 Å². The second-order valence-corrected chi connectivity index (χ2v) is 4.54. The van der Waals surface area contributed by atoms with Crippen LogP contribution in [-0.4, -0.2) is 18.6 Å². The SMILES string of the molecule is COC(C)(C)C(=O)Nc1ccc(C#N)cc1C(F)(F)F. The summed E-state index contributed by atoms with van der Waals surface area (Å²) in [7, 11) is 1.28. The van der Waals surface area contributed by atoms with Crippen LogP contribution in [0.5, 0.6) is 0 Å². The van der Waals surface area contributed by atoms with Gasteiger partial charge in [0.25, 0.3) is 5.91 Å². The van der Waals surface area contributed by atoms with Crippen LogP contribution < -0.4 is 5.32 Å². The molecule has 1 aromatic carbocycles. The summed E-state index contributed by atoms with van der Waals surface area (Å²) in [6, 6.07) is 4.56. The molecule has 0 aliphatic carbocycles. The molecule has 20 heavy (non-hydrogen) atoms. The van der Waals surface area contributed by atoms with Crippen molar-refractivity contribution >= 4 is 11.6 Å². The number of carbonyl (C=O) groups is 1. The van der Waals surface area contributed by atoms with E-state index in [-0.39, 0.29) is 5.56 Å². The van der Waals surface area contributed by atoms with E-state index in [9.17, 15) is 18.0 Å². The fraction of sp³-hybridized carbons (Fsp3) is 0.385. The van der Waals surface area contributed by atoms with Crippen molar-refractivity contribution in [3.8, 4) is 6.07 Å². The summed E-state index contributed by atoms with van der Waals surface area (Å²) in [5.41, 5.74) is -2.89. The van der Waals surface area contributed by atoms with E-state index in [2.05, 4.69) is 5.32 Å². The van der Waals surface area contributed by atoms with Gasteiger partial charge in [-0.05, 0) is 32.0 Å². The third-order valence-electron chi connectivity index (χ3n) is 2.76. The maximum Gasteiger partial charge on any atom is 0.418 e. The molecule has 0 saturated carbocycles. The molecule has 0 fully saturated rings. The summed E-state index contributed by atoms with van der Waals surface area (Å²) in [5.74, 6) is -0.713. The molecule has 0 atom stereocenters. The van der Waals surface area contributed by atoms with E-state index in [1.807, 2.05) is 0 Å². The van der Waals surface area contributed by atoms with Crippen LogP contribution in [-0.2, 0) is 15.7 Å². The van der Waals surface area contributed by atoms with Crippen molar-refractivity contribution in [1.82, 2.24) is 0 Å². The van der Waals surface area contributed by atoms with E-state index in [4.69, 9.17) is 10.00 Å². The summed E-state index contributed by atoms with van der Waals surface area (Å²) in [4.78, 5) is 11.8. The standard InChI is InChI=1S/C13H13F3N2O2/c1-12(2,20-3)11(19)18-10-5-4-8(7-17)6-9(10)13(14,15)16/h4-6H,1-3H3,(H,18,19). The largest absolute Gasteiger partial charge is 0.418 e. The van der Waals surface area contributed by atoms with E-state index in [0.29, 0.717) is 6.07 Å².